The zero-order chi connectivity index (χ0) is 13.2. The second-order valence-corrected chi connectivity index (χ2v) is 7.88. The van der Waals surface area contributed by atoms with Gasteiger partial charge in [-0.2, -0.15) is 0 Å². The van der Waals surface area contributed by atoms with Gasteiger partial charge in [0.2, 0.25) is 0 Å². The van der Waals surface area contributed by atoms with Crippen LogP contribution in [0.25, 0.3) is 0 Å². The third kappa shape index (κ3) is 4.19. The van der Waals surface area contributed by atoms with E-state index in [4.69, 9.17) is 0 Å². The van der Waals surface area contributed by atoms with Crippen molar-refractivity contribution in [2.75, 3.05) is 31.7 Å². The van der Waals surface area contributed by atoms with Crippen LogP contribution in [-0.2, 0) is 9.84 Å². The lowest BCUT2D eigenvalue weighted by Gasteiger charge is -2.25. The lowest BCUT2D eigenvalue weighted by Crippen LogP contribution is -2.40. The number of aliphatic hydroxyl groups is 1. The molecule has 18 heavy (non-hydrogen) atoms. The van der Waals surface area contributed by atoms with Gasteiger partial charge in [0.1, 0.15) is 0 Å². The second-order valence-electron chi connectivity index (χ2n) is 5.65. The van der Waals surface area contributed by atoms with Crippen LogP contribution in [0.4, 0.5) is 0 Å². The van der Waals surface area contributed by atoms with Crippen molar-refractivity contribution in [3.63, 3.8) is 0 Å². The SMILES string of the molecule is CN(CCC(CO)NC1CC1)C1CCS(=O)(=O)C1. The van der Waals surface area contributed by atoms with Crippen LogP contribution >= 0.6 is 0 Å². The number of nitrogens with zero attached hydrogens (tertiary/aromatic N) is 1. The summed E-state index contributed by atoms with van der Waals surface area (Å²) >= 11 is 0. The molecular formula is C12H24N2O3S. The first-order valence-electron chi connectivity index (χ1n) is 6.78. The first-order valence-corrected chi connectivity index (χ1v) is 8.60. The number of sulfone groups is 1. The van der Waals surface area contributed by atoms with Crippen molar-refractivity contribution < 1.29 is 13.5 Å². The number of hydrogen-bond donors (Lipinski definition) is 2. The van der Waals surface area contributed by atoms with Gasteiger partial charge in [-0.25, -0.2) is 8.42 Å². The van der Waals surface area contributed by atoms with Crippen LogP contribution in [0.15, 0.2) is 0 Å². The third-order valence-electron chi connectivity index (χ3n) is 3.93. The normalized spacial score (nSPS) is 28.7. The second kappa shape index (κ2) is 5.86. The van der Waals surface area contributed by atoms with E-state index in [9.17, 15) is 13.5 Å². The quantitative estimate of drug-likeness (QED) is 0.663. The molecule has 1 aliphatic heterocycles. The maximum Gasteiger partial charge on any atom is 0.151 e. The van der Waals surface area contributed by atoms with Crippen LogP contribution in [-0.4, -0.2) is 68.3 Å². The molecule has 2 N–H and O–H groups in total. The first-order chi connectivity index (χ1) is 8.50. The van der Waals surface area contributed by atoms with Gasteiger partial charge in [0.05, 0.1) is 18.1 Å². The molecule has 1 heterocycles. The monoisotopic (exact) mass is 276 g/mol. The van der Waals surface area contributed by atoms with E-state index in [-0.39, 0.29) is 18.7 Å². The fourth-order valence-corrected chi connectivity index (χ4v) is 4.28. The smallest absolute Gasteiger partial charge is 0.151 e. The molecular weight excluding hydrogens is 252 g/mol. The van der Waals surface area contributed by atoms with E-state index in [2.05, 4.69) is 10.2 Å². The summed E-state index contributed by atoms with van der Waals surface area (Å²) in [6.07, 6.45) is 4.05. The summed E-state index contributed by atoms with van der Waals surface area (Å²) in [6, 6.07) is 0.910. The van der Waals surface area contributed by atoms with E-state index in [0.29, 0.717) is 17.5 Å². The number of nitrogens with one attached hydrogen (secondary N) is 1. The Morgan fingerprint density at radius 3 is 2.61 bits per heavy atom. The van der Waals surface area contributed by atoms with Crippen molar-refractivity contribution in [1.82, 2.24) is 10.2 Å². The van der Waals surface area contributed by atoms with Crippen LogP contribution in [0.3, 0.4) is 0 Å². The molecule has 2 fully saturated rings. The molecule has 5 nitrogen and oxygen atoms in total. The summed E-state index contributed by atoms with van der Waals surface area (Å²) in [5.41, 5.74) is 0. The molecule has 6 heteroatoms. The van der Waals surface area contributed by atoms with Gasteiger partial charge < -0.3 is 15.3 Å². The Morgan fingerprint density at radius 1 is 1.39 bits per heavy atom. The Hall–Kier alpha value is -0.170. The van der Waals surface area contributed by atoms with Gasteiger partial charge in [0, 0.05) is 18.1 Å². The molecule has 0 aromatic heterocycles. The van der Waals surface area contributed by atoms with Crippen LogP contribution in [0.1, 0.15) is 25.7 Å². The van der Waals surface area contributed by atoms with Crippen molar-refractivity contribution in [2.45, 2.75) is 43.8 Å². The van der Waals surface area contributed by atoms with Crippen LogP contribution in [0.2, 0.25) is 0 Å². The highest BCUT2D eigenvalue weighted by molar-refractivity contribution is 7.91. The Bertz CT molecular complexity index is 368. The molecule has 2 rings (SSSR count). The van der Waals surface area contributed by atoms with Gasteiger partial charge in [-0.1, -0.05) is 0 Å². The molecule has 0 spiro atoms. The van der Waals surface area contributed by atoms with E-state index in [1.165, 1.54) is 12.8 Å². The molecule has 2 unspecified atom stereocenters. The maximum absolute atomic E-state index is 11.4. The largest absolute Gasteiger partial charge is 0.395 e. The fourth-order valence-electron chi connectivity index (χ4n) is 2.48. The summed E-state index contributed by atoms with van der Waals surface area (Å²) in [5.74, 6) is 0.620. The Labute approximate surface area is 109 Å². The van der Waals surface area contributed by atoms with Crippen LogP contribution in [0.5, 0.6) is 0 Å². The predicted molar refractivity (Wildman–Crippen MR) is 71.3 cm³/mol. The Kier molecular flexibility index (Phi) is 4.64. The van der Waals surface area contributed by atoms with Gasteiger partial charge in [-0.05, 0) is 39.3 Å². The van der Waals surface area contributed by atoms with Gasteiger partial charge in [0.15, 0.2) is 9.84 Å². The average Bonchev–Trinajstić information content (AvgIpc) is 3.06. The van der Waals surface area contributed by atoms with Crippen molar-refractivity contribution in [2.24, 2.45) is 0 Å². The van der Waals surface area contributed by atoms with E-state index < -0.39 is 9.84 Å². The van der Waals surface area contributed by atoms with E-state index in [1.54, 1.807) is 0 Å². The molecule has 0 radical (unpaired) electrons. The third-order valence-corrected chi connectivity index (χ3v) is 5.68. The van der Waals surface area contributed by atoms with Gasteiger partial charge in [-0.3, -0.25) is 0 Å². The molecule has 1 saturated carbocycles. The van der Waals surface area contributed by atoms with Crippen molar-refractivity contribution in [3.05, 3.63) is 0 Å². The standard InChI is InChI=1S/C12H24N2O3S/c1-14(12-5-7-18(16,17)9-12)6-4-11(8-15)13-10-2-3-10/h10-13,15H,2-9H2,1H3. The summed E-state index contributed by atoms with van der Waals surface area (Å²) in [6.45, 7) is 0.998. The summed E-state index contributed by atoms with van der Waals surface area (Å²) in [7, 11) is -0.817. The van der Waals surface area contributed by atoms with Gasteiger partial charge in [-0.15, -0.1) is 0 Å². The summed E-state index contributed by atoms with van der Waals surface area (Å²) in [4.78, 5) is 2.13. The summed E-state index contributed by atoms with van der Waals surface area (Å²) in [5, 5.41) is 12.7. The fraction of sp³-hybridized carbons (Fsp3) is 1.00. The first kappa shape index (κ1) is 14.2. The summed E-state index contributed by atoms with van der Waals surface area (Å²) < 4.78 is 22.8. The van der Waals surface area contributed by atoms with E-state index in [0.717, 1.165) is 19.4 Å². The molecule has 0 aromatic rings. The molecule has 0 aromatic carbocycles. The highest BCUT2D eigenvalue weighted by Gasteiger charge is 2.31. The predicted octanol–water partition coefficient (Wildman–Crippen LogP) is -0.392. The average molecular weight is 276 g/mol. The van der Waals surface area contributed by atoms with Gasteiger partial charge >= 0.3 is 0 Å². The highest BCUT2D eigenvalue weighted by Crippen LogP contribution is 2.20. The Balaban J connectivity index is 1.71. The molecule has 0 amide bonds. The van der Waals surface area contributed by atoms with E-state index >= 15 is 0 Å². The van der Waals surface area contributed by atoms with Crippen molar-refractivity contribution in [1.29, 1.82) is 0 Å². The minimum Gasteiger partial charge on any atom is -0.395 e. The van der Waals surface area contributed by atoms with Crippen LogP contribution < -0.4 is 5.32 Å². The lowest BCUT2D eigenvalue weighted by atomic mass is 10.1. The highest BCUT2D eigenvalue weighted by atomic mass is 32.2. The molecule has 1 saturated heterocycles. The van der Waals surface area contributed by atoms with Crippen molar-refractivity contribution in [3.8, 4) is 0 Å². The zero-order valence-electron chi connectivity index (χ0n) is 11.0. The van der Waals surface area contributed by atoms with Crippen LogP contribution in [0, 0.1) is 0 Å². The van der Waals surface area contributed by atoms with Gasteiger partial charge in [0.25, 0.3) is 0 Å². The number of aliphatic hydroxyl groups excluding tert-OH is 1. The number of rotatable bonds is 7. The molecule has 0 bridgehead atoms. The lowest BCUT2D eigenvalue weighted by molar-refractivity contribution is 0.200. The minimum atomic E-state index is -2.80. The topological polar surface area (TPSA) is 69.6 Å². The molecule has 2 atom stereocenters. The van der Waals surface area contributed by atoms with Crippen molar-refractivity contribution >= 4 is 9.84 Å². The Morgan fingerprint density at radius 2 is 2.11 bits per heavy atom. The molecule has 2 aliphatic rings. The zero-order valence-corrected chi connectivity index (χ0v) is 11.8. The molecule has 1 aliphatic carbocycles. The maximum atomic E-state index is 11.4. The minimum absolute atomic E-state index is 0.151. The molecule has 106 valence electrons. The number of hydrogen-bond acceptors (Lipinski definition) is 5. The van der Waals surface area contributed by atoms with E-state index in [1.807, 2.05) is 7.05 Å².